The van der Waals surface area contributed by atoms with Gasteiger partial charge in [-0.2, -0.15) is 0 Å². The highest BCUT2D eigenvalue weighted by Gasteiger charge is 2.62. The van der Waals surface area contributed by atoms with Crippen molar-refractivity contribution < 1.29 is 9.90 Å². The Bertz CT molecular complexity index is 612. The fraction of sp³-hybridized carbons (Fsp3) is 0.963. The van der Waals surface area contributed by atoms with Gasteiger partial charge in [-0.15, -0.1) is 0 Å². The van der Waals surface area contributed by atoms with Crippen LogP contribution in [0.15, 0.2) is 0 Å². The zero-order chi connectivity index (χ0) is 21.0. The highest BCUT2D eigenvalue weighted by Crippen LogP contribution is 2.67. The zero-order valence-electron chi connectivity index (χ0n) is 19.8. The van der Waals surface area contributed by atoms with Crippen LogP contribution in [0.4, 0.5) is 0 Å². The summed E-state index contributed by atoms with van der Waals surface area (Å²) in [5.74, 6) is 5.21. The van der Waals surface area contributed by atoms with Gasteiger partial charge in [-0.1, -0.05) is 53.9 Å². The molecule has 4 aliphatic carbocycles. The molecule has 166 valence electrons. The smallest absolute Gasteiger partial charge is 0.136 e. The molecule has 4 rings (SSSR count). The van der Waals surface area contributed by atoms with Gasteiger partial charge >= 0.3 is 0 Å². The average molecular weight is 403 g/mol. The highest BCUT2D eigenvalue weighted by atomic mass is 16.3. The topological polar surface area (TPSA) is 37.3 Å². The summed E-state index contributed by atoms with van der Waals surface area (Å²) in [6.45, 7) is 12.2. The van der Waals surface area contributed by atoms with E-state index in [9.17, 15) is 9.90 Å². The third kappa shape index (κ3) is 3.64. The first kappa shape index (κ1) is 21.8. The number of carbonyl (C=O) groups excluding carboxylic acids is 1. The predicted molar refractivity (Wildman–Crippen MR) is 119 cm³/mol. The zero-order valence-corrected chi connectivity index (χ0v) is 19.8. The van der Waals surface area contributed by atoms with Crippen LogP contribution in [0.3, 0.4) is 0 Å². The number of rotatable bonds is 5. The molecule has 1 N–H and O–H groups in total. The van der Waals surface area contributed by atoms with Crippen LogP contribution in [-0.4, -0.2) is 17.0 Å². The lowest BCUT2D eigenvalue weighted by molar-refractivity contribution is -0.160. The molecule has 0 unspecified atom stereocenters. The van der Waals surface area contributed by atoms with E-state index in [1.54, 1.807) is 0 Å². The van der Waals surface area contributed by atoms with Crippen LogP contribution < -0.4 is 0 Å². The Balaban J connectivity index is 1.50. The number of aliphatic hydroxyl groups is 1. The second-order valence-electron chi connectivity index (χ2n) is 12.6. The van der Waals surface area contributed by atoms with Gasteiger partial charge in [0.15, 0.2) is 0 Å². The van der Waals surface area contributed by atoms with Gasteiger partial charge < -0.3 is 5.11 Å². The van der Waals surface area contributed by atoms with Crippen LogP contribution >= 0.6 is 0 Å². The molecule has 4 aliphatic rings. The van der Waals surface area contributed by atoms with Crippen LogP contribution in [-0.2, 0) is 4.79 Å². The molecule has 0 bridgehead atoms. The van der Waals surface area contributed by atoms with Crippen molar-refractivity contribution in [2.75, 3.05) is 0 Å². The lowest BCUT2D eigenvalue weighted by Crippen LogP contribution is -2.57. The number of aliphatic hydroxyl groups excluding tert-OH is 1. The minimum Gasteiger partial charge on any atom is -0.393 e. The third-order valence-electron chi connectivity index (χ3n) is 10.6. The summed E-state index contributed by atoms with van der Waals surface area (Å²) >= 11 is 0. The Labute approximate surface area is 179 Å². The maximum absolute atomic E-state index is 13.2. The van der Waals surface area contributed by atoms with Gasteiger partial charge in [-0.25, -0.2) is 0 Å². The molecular weight excluding hydrogens is 356 g/mol. The third-order valence-corrected chi connectivity index (χ3v) is 10.6. The molecule has 2 heteroatoms. The van der Waals surface area contributed by atoms with Crippen LogP contribution in [0.2, 0.25) is 0 Å². The largest absolute Gasteiger partial charge is 0.393 e. The molecule has 9 atom stereocenters. The van der Waals surface area contributed by atoms with E-state index in [0.29, 0.717) is 23.0 Å². The molecule has 0 radical (unpaired) electrons. The van der Waals surface area contributed by atoms with E-state index in [2.05, 4.69) is 34.6 Å². The van der Waals surface area contributed by atoms with Crippen LogP contribution in [0, 0.1) is 52.3 Å². The van der Waals surface area contributed by atoms with Gasteiger partial charge in [-0.05, 0) is 91.3 Å². The van der Waals surface area contributed by atoms with Gasteiger partial charge in [0.05, 0.1) is 6.10 Å². The fourth-order valence-corrected chi connectivity index (χ4v) is 9.04. The molecule has 0 spiro atoms. The Kier molecular flexibility index (Phi) is 5.99. The summed E-state index contributed by atoms with van der Waals surface area (Å²) in [4.78, 5) is 13.2. The Hall–Kier alpha value is -0.370. The summed E-state index contributed by atoms with van der Waals surface area (Å²) in [6, 6.07) is 0. The lowest BCUT2D eigenvalue weighted by atomic mass is 9.44. The summed E-state index contributed by atoms with van der Waals surface area (Å²) in [5, 5.41) is 10.2. The highest BCUT2D eigenvalue weighted by molar-refractivity contribution is 5.83. The molecule has 0 aliphatic heterocycles. The summed E-state index contributed by atoms with van der Waals surface area (Å²) < 4.78 is 0. The molecular formula is C27H46O2. The monoisotopic (exact) mass is 402 g/mol. The molecule has 4 saturated carbocycles. The fourth-order valence-electron chi connectivity index (χ4n) is 9.04. The van der Waals surface area contributed by atoms with Gasteiger partial charge in [0.2, 0.25) is 0 Å². The average Bonchev–Trinajstić information content (AvgIpc) is 3.00. The standard InChI is InChI=1S/C27H46O2/c1-17(2)7-6-8-18(3)21-9-10-22-20-16-25(29)24-15-19(28)11-13-27(24,5)23(20)12-14-26(21,22)4/h17-24,28H,6-16H2,1-5H3/t18-,19-,20-,21-,22+,23+,24+,26+,27+/m0/s1. The van der Waals surface area contributed by atoms with E-state index in [0.717, 1.165) is 49.4 Å². The molecule has 29 heavy (non-hydrogen) atoms. The maximum atomic E-state index is 13.2. The molecule has 0 heterocycles. The van der Waals surface area contributed by atoms with Crippen molar-refractivity contribution in [3.8, 4) is 0 Å². The first-order valence-corrected chi connectivity index (χ1v) is 12.9. The van der Waals surface area contributed by atoms with Crippen molar-refractivity contribution in [2.45, 2.75) is 111 Å². The summed E-state index contributed by atoms with van der Waals surface area (Å²) in [5.41, 5.74) is 0.609. The minimum absolute atomic E-state index is 0.129. The number of hydrogen-bond acceptors (Lipinski definition) is 2. The number of hydrogen-bond donors (Lipinski definition) is 1. The van der Waals surface area contributed by atoms with Crippen molar-refractivity contribution in [1.82, 2.24) is 0 Å². The molecule has 0 saturated heterocycles. The van der Waals surface area contributed by atoms with E-state index >= 15 is 0 Å². The normalized spacial score (nSPS) is 48.2. The van der Waals surface area contributed by atoms with Crippen LogP contribution in [0.25, 0.3) is 0 Å². The van der Waals surface area contributed by atoms with Crippen molar-refractivity contribution in [2.24, 2.45) is 52.3 Å². The number of carbonyl (C=O) groups is 1. The van der Waals surface area contributed by atoms with Crippen molar-refractivity contribution in [1.29, 1.82) is 0 Å². The first-order chi connectivity index (χ1) is 13.7. The van der Waals surface area contributed by atoms with Crippen molar-refractivity contribution in [3.05, 3.63) is 0 Å². The Morgan fingerprint density at radius 1 is 0.966 bits per heavy atom. The van der Waals surface area contributed by atoms with Gasteiger partial charge in [0, 0.05) is 12.3 Å². The molecule has 0 aromatic carbocycles. The minimum atomic E-state index is -0.245. The van der Waals surface area contributed by atoms with Crippen LogP contribution in [0.5, 0.6) is 0 Å². The second kappa shape index (κ2) is 7.95. The summed E-state index contributed by atoms with van der Waals surface area (Å²) in [7, 11) is 0. The number of ketones is 1. The van der Waals surface area contributed by atoms with Gasteiger partial charge in [-0.3, -0.25) is 4.79 Å². The number of fused-ring (bicyclic) bond motifs is 5. The molecule has 0 aromatic rings. The lowest BCUT2D eigenvalue weighted by Gasteiger charge is -2.60. The molecule has 0 aromatic heterocycles. The van der Waals surface area contributed by atoms with Crippen molar-refractivity contribution in [3.63, 3.8) is 0 Å². The maximum Gasteiger partial charge on any atom is 0.136 e. The Morgan fingerprint density at radius 3 is 2.38 bits per heavy atom. The first-order valence-electron chi connectivity index (χ1n) is 12.9. The molecule has 0 amide bonds. The molecule has 2 nitrogen and oxygen atoms in total. The Morgan fingerprint density at radius 2 is 1.66 bits per heavy atom. The van der Waals surface area contributed by atoms with E-state index in [1.165, 1.54) is 44.9 Å². The predicted octanol–water partition coefficient (Wildman–Crippen LogP) is 6.65. The second-order valence-corrected chi connectivity index (χ2v) is 12.6. The van der Waals surface area contributed by atoms with Gasteiger partial charge in [0.25, 0.3) is 0 Å². The molecule has 4 fully saturated rings. The van der Waals surface area contributed by atoms with E-state index in [-0.39, 0.29) is 17.4 Å². The van der Waals surface area contributed by atoms with E-state index in [4.69, 9.17) is 0 Å². The SMILES string of the molecule is CC(C)CCC[C@H](C)[C@@H]1CC[C@@H]2[C@@H]3CC(=O)[C@H]4C[C@@H](O)CC[C@]4(C)[C@@H]3CC[C@@]21C. The quantitative estimate of drug-likeness (QED) is 0.559. The van der Waals surface area contributed by atoms with Crippen LogP contribution in [0.1, 0.15) is 105 Å². The van der Waals surface area contributed by atoms with Gasteiger partial charge in [0.1, 0.15) is 5.78 Å². The van der Waals surface area contributed by atoms with E-state index < -0.39 is 0 Å². The van der Waals surface area contributed by atoms with E-state index in [1.807, 2.05) is 0 Å². The van der Waals surface area contributed by atoms with Crippen molar-refractivity contribution >= 4 is 5.78 Å². The summed E-state index contributed by atoms with van der Waals surface area (Å²) in [6.07, 6.45) is 12.8. The number of Topliss-reactive ketones (excluding diaryl/α,β-unsaturated/α-hetero) is 1.